The zero-order valence-electron chi connectivity index (χ0n) is 19.3. The molecule has 0 spiro atoms. The molecule has 0 saturated heterocycles. The Morgan fingerprint density at radius 1 is 1.15 bits per heavy atom. The SMILES string of the molecule is CC(C)(N)C(=O)N[C@H](COCc1ccccc1)c1nnn(Cc2ccccc2NS(C)(=O)=O)n1. The monoisotopic (exact) mass is 487 g/mol. The number of hydrogen-bond donors (Lipinski definition) is 3. The van der Waals surface area contributed by atoms with E-state index in [1.165, 1.54) is 4.80 Å². The van der Waals surface area contributed by atoms with Crippen LogP contribution in [0.1, 0.15) is 36.8 Å². The van der Waals surface area contributed by atoms with E-state index in [-0.39, 0.29) is 24.9 Å². The summed E-state index contributed by atoms with van der Waals surface area (Å²) in [6, 6.07) is 15.9. The van der Waals surface area contributed by atoms with Crippen LogP contribution in [-0.4, -0.2) is 52.9 Å². The van der Waals surface area contributed by atoms with Crippen LogP contribution in [0.25, 0.3) is 0 Å². The maximum absolute atomic E-state index is 12.5. The molecule has 0 aliphatic heterocycles. The van der Waals surface area contributed by atoms with Crippen LogP contribution in [0.4, 0.5) is 5.69 Å². The molecule has 1 atom stereocenters. The molecule has 12 heteroatoms. The number of sulfonamides is 1. The predicted molar refractivity (Wildman–Crippen MR) is 127 cm³/mol. The van der Waals surface area contributed by atoms with Crippen molar-refractivity contribution in [3.8, 4) is 0 Å². The number of nitrogens with zero attached hydrogens (tertiary/aromatic N) is 4. The molecule has 0 aliphatic rings. The van der Waals surface area contributed by atoms with Gasteiger partial charge in [-0.15, -0.1) is 10.2 Å². The summed E-state index contributed by atoms with van der Waals surface area (Å²) >= 11 is 0. The lowest BCUT2D eigenvalue weighted by atomic mass is 10.1. The highest BCUT2D eigenvalue weighted by molar-refractivity contribution is 7.92. The zero-order chi connectivity index (χ0) is 24.8. The van der Waals surface area contributed by atoms with E-state index in [0.717, 1.165) is 11.8 Å². The molecule has 0 unspecified atom stereocenters. The molecule has 0 radical (unpaired) electrons. The van der Waals surface area contributed by atoms with E-state index >= 15 is 0 Å². The van der Waals surface area contributed by atoms with Gasteiger partial charge in [-0.05, 0) is 36.3 Å². The molecule has 0 bridgehead atoms. The first kappa shape index (κ1) is 25.3. The number of anilines is 1. The van der Waals surface area contributed by atoms with Crippen LogP contribution in [0.15, 0.2) is 54.6 Å². The summed E-state index contributed by atoms with van der Waals surface area (Å²) in [5.41, 5.74) is 6.88. The molecule has 1 amide bonds. The van der Waals surface area contributed by atoms with Gasteiger partial charge < -0.3 is 15.8 Å². The lowest BCUT2D eigenvalue weighted by molar-refractivity contribution is -0.126. The first-order chi connectivity index (χ1) is 16.0. The molecule has 0 aliphatic carbocycles. The molecular formula is C22H29N7O4S. The molecule has 1 aromatic heterocycles. The van der Waals surface area contributed by atoms with Crippen molar-refractivity contribution in [2.45, 2.75) is 38.6 Å². The quantitative estimate of drug-likeness (QED) is 0.365. The minimum absolute atomic E-state index is 0.106. The summed E-state index contributed by atoms with van der Waals surface area (Å²) < 4.78 is 31.6. The van der Waals surface area contributed by atoms with E-state index in [2.05, 4.69) is 25.4 Å². The third-order valence-electron chi connectivity index (χ3n) is 4.69. The molecule has 34 heavy (non-hydrogen) atoms. The smallest absolute Gasteiger partial charge is 0.240 e. The van der Waals surface area contributed by atoms with E-state index in [1.807, 2.05) is 30.3 Å². The summed E-state index contributed by atoms with van der Waals surface area (Å²) in [5, 5.41) is 15.4. The van der Waals surface area contributed by atoms with Gasteiger partial charge in [0.1, 0.15) is 6.04 Å². The molecule has 4 N–H and O–H groups in total. The number of carbonyl (C=O) groups excluding carboxylic acids is 1. The minimum Gasteiger partial charge on any atom is -0.374 e. The number of nitrogens with one attached hydrogen (secondary N) is 2. The van der Waals surface area contributed by atoms with E-state index in [1.54, 1.807) is 38.1 Å². The fourth-order valence-electron chi connectivity index (χ4n) is 2.97. The molecule has 3 rings (SSSR count). The Kier molecular flexibility index (Phi) is 7.97. The van der Waals surface area contributed by atoms with Crippen molar-refractivity contribution in [2.75, 3.05) is 17.6 Å². The molecule has 0 saturated carbocycles. The van der Waals surface area contributed by atoms with Crippen molar-refractivity contribution < 1.29 is 17.9 Å². The first-order valence-corrected chi connectivity index (χ1v) is 12.5. The van der Waals surface area contributed by atoms with E-state index in [9.17, 15) is 13.2 Å². The van der Waals surface area contributed by atoms with Crippen molar-refractivity contribution in [1.29, 1.82) is 0 Å². The average molecular weight is 488 g/mol. The molecule has 3 aromatic rings. The highest BCUT2D eigenvalue weighted by Gasteiger charge is 2.28. The molecule has 11 nitrogen and oxygen atoms in total. The van der Waals surface area contributed by atoms with Crippen LogP contribution in [-0.2, 0) is 32.7 Å². The molecule has 1 heterocycles. The van der Waals surface area contributed by atoms with Gasteiger partial charge in [-0.3, -0.25) is 9.52 Å². The van der Waals surface area contributed by atoms with E-state index < -0.39 is 21.6 Å². The van der Waals surface area contributed by atoms with Gasteiger partial charge in [-0.1, -0.05) is 48.5 Å². The Balaban J connectivity index is 1.76. The van der Waals surface area contributed by atoms with Gasteiger partial charge in [0.25, 0.3) is 0 Å². The number of aromatic nitrogens is 4. The lowest BCUT2D eigenvalue weighted by Crippen LogP contribution is -2.50. The number of nitrogens with two attached hydrogens (primary N) is 1. The highest BCUT2D eigenvalue weighted by atomic mass is 32.2. The Labute approximate surface area is 198 Å². The number of tetrazole rings is 1. The van der Waals surface area contributed by atoms with Gasteiger partial charge in [0.05, 0.1) is 37.2 Å². The number of para-hydroxylation sites is 1. The maximum Gasteiger partial charge on any atom is 0.240 e. The summed E-state index contributed by atoms with van der Waals surface area (Å²) in [6.07, 6.45) is 1.08. The third-order valence-corrected chi connectivity index (χ3v) is 5.28. The van der Waals surface area contributed by atoms with Crippen LogP contribution in [0.2, 0.25) is 0 Å². The maximum atomic E-state index is 12.5. The van der Waals surface area contributed by atoms with Gasteiger partial charge in [-0.25, -0.2) is 8.42 Å². The van der Waals surface area contributed by atoms with Gasteiger partial charge >= 0.3 is 0 Å². The van der Waals surface area contributed by atoms with E-state index in [0.29, 0.717) is 17.9 Å². The molecule has 2 aromatic carbocycles. The Hall–Kier alpha value is -3.35. The van der Waals surface area contributed by atoms with Crippen LogP contribution in [0, 0.1) is 0 Å². The standard InChI is InChI=1S/C22H29N7O4S/c1-22(2,23)21(30)24-19(15-33-14-16-9-5-4-6-10-16)20-25-28-29(26-20)13-17-11-7-8-12-18(17)27-34(3,31)32/h4-12,19,27H,13-15,23H2,1-3H3,(H,24,30)/t19-/m1/s1. The number of rotatable bonds is 11. The highest BCUT2D eigenvalue weighted by Crippen LogP contribution is 2.18. The number of ether oxygens (including phenoxy) is 1. The zero-order valence-corrected chi connectivity index (χ0v) is 20.1. The van der Waals surface area contributed by atoms with Crippen molar-refractivity contribution in [1.82, 2.24) is 25.5 Å². The van der Waals surface area contributed by atoms with Gasteiger partial charge in [0.2, 0.25) is 15.9 Å². The average Bonchev–Trinajstić information content (AvgIpc) is 3.22. The van der Waals surface area contributed by atoms with Crippen LogP contribution >= 0.6 is 0 Å². The number of hydrogen-bond acceptors (Lipinski definition) is 8. The third kappa shape index (κ3) is 7.61. The summed E-state index contributed by atoms with van der Waals surface area (Å²) in [4.78, 5) is 13.8. The normalized spacial score (nSPS) is 12.8. The van der Waals surface area contributed by atoms with Crippen LogP contribution in [0.3, 0.4) is 0 Å². The molecule has 182 valence electrons. The summed E-state index contributed by atoms with van der Waals surface area (Å²) in [6.45, 7) is 3.81. The number of amides is 1. The number of benzene rings is 2. The topological polar surface area (TPSA) is 154 Å². The summed E-state index contributed by atoms with van der Waals surface area (Å²) in [5.74, 6) is -0.140. The van der Waals surface area contributed by atoms with Crippen LogP contribution < -0.4 is 15.8 Å². The van der Waals surface area contributed by atoms with E-state index in [4.69, 9.17) is 10.5 Å². The van der Waals surface area contributed by atoms with Crippen molar-refractivity contribution in [3.05, 3.63) is 71.5 Å². The largest absolute Gasteiger partial charge is 0.374 e. The Bertz CT molecular complexity index is 1210. The van der Waals surface area contributed by atoms with Gasteiger partial charge in [0, 0.05) is 0 Å². The first-order valence-electron chi connectivity index (χ1n) is 10.6. The van der Waals surface area contributed by atoms with Crippen molar-refractivity contribution in [3.63, 3.8) is 0 Å². The fourth-order valence-corrected chi connectivity index (χ4v) is 3.56. The number of carbonyl (C=O) groups is 1. The lowest BCUT2D eigenvalue weighted by Gasteiger charge is -2.22. The molecule has 0 fully saturated rings. The minimum atomic E-state index is -3.45. The Morgan fingerprint density at radius 3 is 2.50 bits per heavy atom. The predicted octanol–water partition coefficient (Wildman–Crippen LogP) is 1.20. The van der Waals surface area contributed by atoms with Gasteiger partial charge in [0.15, 0.2) is 5.82 Å². The second-order valence-corrected chi connectivity index (χ2v) is 10.2. The van der Waals surface area contributed by atoms with Crippen molar-refractivity contribution >= 4 is 21.6 Å². The van der Waals surface area contributed by atoms with Crippen LogP contribution in [0.5, 0.6) is 0 Å². The molecular weight excluding hydrogens is 458 g/mol. The second kappa shape index (κ2) is 10.7. The summed E-state index contributed by atoms with van der Waals surface area (Å²) in [7, 11) is -3.45. The fraction of sp³-hybridized carbons (Fsp3) is 0.364. The van der Waals surface area contributed by atoms with Gasteiger partial charge in [-0.2, -0.15) is 4.80 Å². The second-order valence-electron chi connectivity index (χ2n) is 8.46. The Morgan fingerprint density at radius 2 is 1.82 bits per heavy atom. The van der Waals surface area contributed by atoms with Crippen molar-refractivity contribution in [2.24, 2.45) is 5.73 Å².